The van der Waals surface area contributed by atoms with Crippen LogP contribution in [0.5, 0.6) is 0 Å². The van der Waals surface area contributed by atoms with Gasteiger partial charge in [0.05, 0.1) is 12.6 Å². The smallest absolute Gasteiger partial charge is 0.295 e. The van der Waals surface area contributed by atoms with Crippen LogP contribution in [0.1, 0.15) is 55.5 Å². The fourth-order valence-electron chi connectivity index (χ4n) is 5.07. The molecule has 2 heterocycles. The molecule has 2 aromatic carbocycles. The molecule has 0 spiro atoms. The molecule has 1 fully saturated rings. The summed E-state index contributed by atoms with van der Waals surface area (Å²) < 4.78 is 4.92. The van der Waals surface area contributed by atoms with Crippen molar-refractivity contribution < 1.29 is 24.0 Å². The highest BCUT2D eigenvalue weighted by Gasteiger charge is 2.53. The molecule has 3 aromatic rings. The third-order valence-corrected chi connectivity index (χ3v) is 6.74. The molecule has 1 saturated heterocycles. The van der Waals surface area contributed by atoms with Crippen LogP contribution in [0.25, 0.3) is 11.3 Å². The van der Waals surface area contributed by atoms with Crippen LogP contribution in [0.2, 0.25) is 0 Å². The number of hydrogen-bond acceptors (Lipinski definition) is 6. The molecule has 7 heteroatoms. The molecule has 1 aromatic heterocycles. The van der Waals surface area contributed by atoms with Crippen molar-refractivity contribution in [1.82, 2.24) is 5.16 Å². The monoisotopic (exact) mass is 474 g/mol. The van der Waals surface area contributed by atoms with Gasteiger partial charge < -0.3 is 14.5 Å². The molecule has 35 heavy (non-hydrogen) atoms. The highest BCUT2D eigenvalue weighted by molar-refractivity contribution is 6.49. The maximum atomic E-state index is 13.6. The minimum Gasteiger partial charge on any atom is -0.392 e. The van der Waals surface area contributed by atoms with Crippen molar-refractivity contribution in [2.75, 3.05) is 4.90 Å². The number of aromatic nitrogens is 1. The van der Waals surface area contributed by atoms with E-state index in [2.05, 4.69) is 19.0 Å². The van der Waals surface area contributed by atoms with E-state index in [9.17, 15) is 19.5 Å². The summed E-state index contributed by atoms with van der Waals surface area (Å²) in [4.78, 5) is 41.9. The molecule has 1 N–H and O–H groups in total. The highest BCUT2D eigenvalue weighted by atomic mass is 16.5. The number of carbonyl (C=O) groups excluding carboxylic acids is 3. The van der Waals surface area contributed by atoms with Crippen LogP contribution in [0.3, 0.4) is 0 Å². The number of nitrogens with zero attached hydrogens (tertiary/aromatic N) is 2. The van der Waals surface area contributed by atoms with E-state index < -0.39 is 23.7 Å². The molecule has 2 atom stereocenters. The standard InChI is InChI=1S/C28H30N2O5/c1-3-5-20(6-4-2)25-24(26(32)21-9-7-18(17-31)8-10-21)27(33)28(34)30(25)22-13-11-19(12-14-22)23-15-16-35-29-23/h7-16,20,24-25,31H,3-6,17H2,1-2H3. The Balaban J connectivity index is 1.75. The highest BCUT2D eigenvalue weighted by Crippen LogP contribution is 2.39. The average molecular weight is 475 g/mol. The molecule has 4 rings (SSSR count). The van der Waals surface area contributed by atoms with Crippen LogP contribution < -0.4 is 4.90 Å². The van der Waals surface area contributed by atoms with E-state index in [1.165, 1.54) is 11.2 Å². The van der Waals surface area contributed by atoms with Crippen LogP contribution in [0.15, 0.2) is 65.4 Å². The summed E-state index contributed by atoms with van der Waals surface area (Å²) in [5.74, 6) is -2.73. The van der Waals surface area contributed by atoms with E-state index in [4.69, 9.17) is 4.52 Å². The number of aliphatic hydroxyl groups is 1. The lowest BCUT2D eigenvalue weighted by Crippen LogP contribution is -2.43. The van der Waals surface area contributed by atoms with Crippen LogP contribution in [0, 0.1) is 11.8 Å². The number of amides is 1. The number of ketones is 2. The molecule has 2 unspecified atom stereocenters. The first-order valence-electron chi connectivity index (χ1n) is 12.1. The summed E-state index contributed by atoms with van der Waals surface area (Å²) in [5, 5.41) is 13.3. The maximum absolute atomic E-state index is 13.6. The van der Waals surface area contributed by atoms with Crippen molar-refractivity contribution in [3.05, 3.63) is 72.0 Å². The normalized spacial score (nSPS) is 18.0. The molecule has 1 aliphatic rings. The van der Waals surface area contributed by atoms with E-state index >= 15 is 0 Å². The van der Waals surface area contributed by atoms with Crippen molar-refractivity contribution in [1.29, 1.82) is 0 Å². The zero-order valence-electron chi connectivity index (χ0n) is 20.0. The van der Waals surface area contributed by atoms with Gasteiger partial charge in [0, 0.05) is 22.9 Å². The fourth-order valence-corrected chi connectivity index (χ4v) is 5.07. The Hall–Kier alpha value is -3.58. The number of Topliss-reactive ketones (excluding diaryl/α,β-unsaturated/α-hetero) is 2. The molecule has 1 aliphatic heterocycles. The lowest BCUT2D eigenvalue weighted by atomic mass is 9.79. The first-order valence-corrected chi connectivity index (χ1v) is 12.1. The second kappa shape index (κ2) is 10.8. The van der Waals surface area contributed by atoms with Crippen LogP contribution in [-0.4, -0.2) is 33.8 Å². The number of benzene rings is 2. The molecule has 182 valence electrons. The number of rotatable bonds is 10. The van der Waals surface area contributed by atoms with Crippen molar-refractivity contribution in [3.63, 3.8) is 0 Å². The van der Waals surface area contributed by atoms with Crippen LogP contribution in [-0.2, 0) is 16.2 Å². The van der Waals surface area contributed by atoms with Crippen LogP contribution >= 0.6 is 0 Å². The van der Waals surface area contributed by atoms with Gasteiger partial charge in [-0.3, -0.25) is 14.4 Å². The van der Waals surface area contributed by atoms with Crippen molar-refractivity contribution in [2.24, 2.45) is 11.8 Å². The van der Waals surface area contributed by atoms with Gasteiger partial charge in [-0.05, 0) is 36.5 Å². The van der Waals surface area contributed by atoms with Crippen LogP contribution in [0.4, 0.5) is 5.69 Å². The lowest BCUT2D eigenvalue weighted by Gasteiger charge is -2.34. The summed E-state index contributed by atoms with van der Waals surface area (Å²) in [6, 6.07) is 15.0. The molecule has 1 amide bonds. The van der Waals surface area contributed by atoms with Gasteiger partial charge in [0.25, 0.3) is 5.91 Å². The average Bonchev–Trinajstić information content (AvgIpc) is 3.51. The van der Waals surface area contributed by atoms with Gasteiger partial charge in [-0.1, -0.05) is 68.2 Å². The second-order valence-electron chi connectivity index (χ2n) is 9.00. The fraction of sp³-hybridized carbons (Fsp3) is 0.357. The van der Waals surface area contributed by atoms with Crippen molar-refractivity contribution >= 4 is 23.2 Å². The number of hydrogen-bond donors (Lipinski definition) is 1. The molecule has 0 aliphatic carbocycles. The summed E-state index contributed by atoms with van der Waals surface area (Å²) in [6.45, 7) is 4.01. The third kappa shape index (κ3) is 4.82. The van der Waals surface area contributed by atoms with E-state index in [1.807, 2.05) is 12.1 Å². The predicted molar refractivity (Wildman–Crippen MR) is 132 cm³/mol. The Morgan fingerprint density at radius 2 is 1.66 bits per heavy atom. The molecule has 0 radical (unpaired) electrons. The quantitative estimate of drug-likeness (QED) is 0.257. The molecule has 7 nitrogen and oxygen atoms in total. The largest absolute Gasteiger partial charge is 0.392 e. The predicted octanol–water partition coefficient (Wildman–Crippen LogP) is 4.83. The van der Waals surface area contributed by atoms with E-state index in [0.717, 1.165) is 31.2 Å². The minimum absolute atomic E-state index is 0.00119. The third-order valence-electron chi connectivity index (χ3n) is 6.74. The zero-order valence-corrected chi connectivity index (χ0v) is 20.0. The zero-order chi connectivity index (χ0) is 24.9. The summed E-state index contributed by atoms with van der Waals surface area (Å²) in [5.41, 5.74) is 3.13. The SMILES string of the molecule is CCCC(CCC)C1C(C(=O)c2ccc(CO)cc2)C(=O)C(=O)N1c1ccc(-c2ccon2)cc1. The minimum atomic E-state index is -1.07. The van der Waals surface area contributed by atoms with Gasteiger partial charge in [0.15, 0.2) is 5.78 Å². The molecule has 0 saturated carbocycles. The van der Waals surface area contributed by atoms with E-state index in [1.54, 1.807) is 42.5 Å². The van der Waals surface area contributed by atoms with Gasteiger partial charge in [0.2, 0.25) is 5.78 Å². The van der Waals surface area contributed by atoms with Gasteiger partial charge in [-0.2, -0.15) is 0 Å². The Kier molecular flexibility index (Phi) is 7.56. The summed E-state index contributed by atoms with van der Waals surface area (Å²) in [7, 11) is 0. The maximum Gasteiger partial charge on any atom is 0.295 e. The Labute approximate surface area is 204 Å². The van der Waals surface area contributed by atoms with Gasteiger partial charge in [-0.15, -0.1) is 0 Å². The van der Waals surface area contributed by atoms with E-state index in [-0.39, 0.29) is 18.3 Å². The number of anilines is 1. The second-order valence-corrected chi connectivity index (χ2v) is 9.00. The Morgan fingerprint density at radius 3 is 2.20 bits per heavy atom. The first-order chi connectivity index (χ1) is 17.0. The van der Waals surface area contributed by atoms with Crippen molar-refractivity contribution in [3.8, 4) is 11.3 Å². The van der Waals surface area contributed by atoms with Gasteiger partial charge in [-0.25, -0.2) is 0 Å². The number of aliphatic hydroxyl groups excluding tert-OH is 1. The topological polar surface area (TPSA) is 101 Å². The Bertz CT molecular complexity index is 1160. The first kappa shape index (κ1) is 24.5. The molecular weight excluding hydrogens is 444 g/mol. The number of carbonyl (C=O) groups is 3. The van der Waals surface area contributed by atoms with Gasteiger partial charge >= 0.3 is 0 Å². The van der Waals surface area contributed by atoms with Crippen molar-refractivity contribution in [2.45, 2.75) is 52.2 Å². The Morgan fingerprint density at radius 1 is 1.00 bits per heavy atom. The molecule has 0 bridgehead atoms. The molecular formula is C28H30N2O5. The van der Waals surface area contributed by atoms with E-state index in [0.29, 0.717) is 22.5 Å². The summed E-state index contributed by atoms with van der Waals surface area (Å²) >= 11 is 0. The van der Waals surface area contributed by atoms with Gasteiger partial charge in [0.1, 0.15) is 17.9 Å². The lowest BCUT2D eigenvalue weighted by molar-refractivity contribution is -0.135. The summed E-state index contributed by atoms with van der Waals surface area (Å²) in [6.07, 6.45) is 4.87.